The number of aryl methyl sites for hydroxylation is 2. The van der Waals surface area contributed by atoms with Gasteiger partial charge in [0.1, 0.15) is 5.01 Å². The van der Waals surface area contributed by atoms with Crippen LogP contribution in [0.25, 0.3) is 0 Å². The van der Waals surface area contributed by atoms with E-state index in [2.05, 4.69) is 45.5 Å². The molecule has 2 aromatic heterocycles. The van der Waals surface area contributed by atoms with Crippen molar-refractivity contribution in [3.05, 3.63) is 45.7 Å². The van der Waals surface area contributed by atoms with E-state index in [1.807, 2.05) is 12.3 Å². The van der Waals surface area contributed by atoms with Crippen LogP contribution in [-0.2, 0) is 13.1 Å². The molecule has 2 rings (SSSR count). The molecule has 0 aliphatic heterocycles. The number of halogens is 1. The first kappa shape index (κ1) is 17.8. The Morgan fingerprint density at radius 2 is 2.00 bits per heavy atom. The van der Waals surface area contributed by atoms with E-state index in [0.717, 1.165) is 16.7 Å². The van der Waals surface area contributed by atoms with Gasteiger partial charge in [-0.3, -0.25) is 9.98 Å². The van der Waals surface area contributed by atoms with Crippen LogP contribution in [0.5, 0.6) is 0 Å². The monoisotopic (exact) mass is 417 g/mol. The van der Waals surface area contributed by atoms with E-state index in [1.54, 1.807) is 24.6 Å². The van der Waals surface area contributed by atoms with E-state index in [-0.39, 0.29) is 24.0 Å². The van der Waals surface area contributed by atoms with Crippen LogP contribution < -0.4 is 10.6 Å². The number of pyridine rings is 1. The lowest BCUT2D eigenvalue weighted by Crippen LogP contribution is -2.36. The summed E-state index contributed by atoms with van der Waals surface area (Å²) in [6.45, 7) is 5.44. The topological polar surface area (TPSA) is 62.2 Å². The quantitative estimate of drug-likeness (QED) is 0.456. The number of thiazole rings is 1. The third kappa shape index (κ3) is 5.58. The highest BCUT2D eigenvalue weighted by Gasteiger charge is 2.03. The van der Waals surface area contributed by atoms with Crippen molar-refractivity contribution in [2.75, 3.05) is 7.05 Å². The van der Waals surface area contributed by atoms with Gasteiger partial charge in [0.25, 0.3) is 0 Å². The van der Waals surface area contributed by atoms with Gasteiger partial charge in [0, 0.05) is 24.3 Å². The summed E-state index contributed by atoms with van der Waals surface area (Å²) < 4.78 is 0. The molecular formula is C14H20IN5S. The molecule has 2 N–H and O–H groups in total. The first-order valence-corrected chi connectivity index (χ1v) is 7.27. The maximum atomic E-state index is 4.35. The number of guanidine groups is 1. The first-order valence-electron chi connectivity index (χ1n) is 6.45. The summed E-state index contributed by atoms with van der Waals surface area (Å²) in [5.41, 5.74) is 2.20. The van der Waals surface area contributed by atoms with Crippen molar-refractivity contribution < 1.29 is 0 Å². The SMILES string of the molecule is CN=C(NCc1ncc(C)s1)NCc1ncccc1C.I. The minimum absolute atomic E-state index is 0. The van der Waals surface area contributed by atoms with E-state index in [0.29, 0.717) is 13.1 Å². The Kier molecular flexibility index (Phi) is 7.58. The largest absolute Gasteiger partial charge is 0.351 e. The standard InChI is InChI=1S/C14H19N5S.HI/c1-10-5-4-6-16-12(10)8-18-14(15-3)19-9-13-17-7-11(2)20-13;/h4-7H,8-9H2,1-3H3,(H2,15,18,19);1H. The molecule has 0 spiro atoms. The van der Waals surface area contributed by atoms with E-state index < -0.39 is 0 Å². The van der Waals surface area contributed by atoms with Crippen LogP contribution in [0.1, 0.15) is 21.1 Å². The second-order valence-electron chi connectivity index (χ2n) is 4.41. The molecule has 21 heavy (non-hydrogen) atoms. The second kappa shape index (κ2) is 8.93. The van der Waals surface area contributed by atoms with Crippen molar-refractivity contribution in [1.82, 2.24) is 20.6 Å². The fourth-order valence-corrected chi connectivity index (χ4v) is 2.46. The fourth-order valence-electron chi connectivity index (χ4n) is 1.73. The summed E-state index contributed by atoms with van der Waals surface area (Å²) in [6, 6.07) is 4.00. The van der Waals surface area contributed by atoms with Gasteiger partial charge in [-0.25, -0.2) is 4.98 Å². The molecule has 0 unspecified atom stereocenters. The van der Waals surface area contributed by atoms with Crippen LogP contribution in [0.3, 0.4) is 0 Å². The summed E-state index contributed by atoms with van der Waals surface area (Å²) in [5, 5.41) is 7.56. The van der Waals surface area contributed by atoms with E-state index >= 15 is 0 Å². The molecule has 0 amide bonds. The fraction of sp³-hybridized carbons (Fsp3) is 0.357. The van der Waals surface area contributed by atoms with E-state index in [9.17, 15) is 0 Å². The molecule has 0 bridgehead atoms. The summed E-state index contributed by atoms with van der Waals surface area (Å²) in [4.78, 5) is 14.1. The Balaban J connectivity index is 0.00000220. The molecule has 0 aliphatic carbocycles. The number of hydrogen-bond donors (Lipinski definition) is 2. The Bertz CT molecular complexity index is 597. The first-order chi connectivity index (χ1) is 9.69. The molecule has 0 radical (unpaired) electrons. The lowest BCUT2D eigenvalue weighted by Gasteiger charge is -2.11. The molecule has 0 aromatic carbocycles. The van der Waals surface area contributed by atoms with Crippen LogP contribution in [0.2, 0.25) is 0 Å². The average Bonchev–Trinajstić information content (AvgIpc) is 2.86. The predicted octanol–water partition coefficient (Wildman–Crippen LogP) is 2.64. The van der Waals surface area contributed by atoms with Gasteiger partial charge in [-0.15, -0.1) is 35.3 Å². The molecular weight excluding hydrogens is 397 g/mol. The van der Waals surface area contributed by atoms with Crippen molar-refractivity contribution in [1.29, 1.82) is 0 Å². The van der Waals surface area contributed by atoms with Crippen molar-refractivity contribution in [2.24, 2.45) is 4.99 Å². The number of aliphatic imine (C=N–C) groups is 1. The third-order valence-corrected chi connectivity index (χ3v) is 3.75. The van der Waals surface area contributed by atoms with Gasteiger partial charge in [-0.05, 0) is 25.5 Å². The molecule has 0 atom stereocenters. The van der Waals surface area contributed by atoms with Crippen molar-refractivity contribution >= 4 is 41.3 Å². The highest BCUT2D eigenvalue weighted by Crippen LogP contribution is 2.10. The Labute approximate surface area is 146 Å². The van der Waals surface area contributed by atoms with Crippen molar-refractivity contribution in [3.63, 3.8) is 0 Å². The zero-order valence-electron chi connectivity index (χ0n) is 12.4. The van der Waals surface area contributed by atoms with E-state index in [1.165, 1.54) is 10.4 Å². The Morgan fingerprint density at radius 3 is 2.62 bits per heavy atom. The van der Waals surface area contributed by atoms with Gasteiger partial charge in [0.05, 0.1) is 18.8 Å². The predicted molar refractivity (Wildman–Crippen MR) is 98.3 cm³/mol. The highest BCUT2D eigenvalue weighted by molar-refractivity contribution is 14.0. The van der Waals surface area contributed by atoms with Crippen LogP contribution >= 0.6 is 35.3 Å². The third-order valence-electron chi connectivity index (χ3n) is 2.84. The normalized spacial score (nSPS) is 10.9. The average molecular weight is 417 g/mol. The number of hydrogen-bond acceptors (Lipinski definition) is 4. The van der Waals surface area contributed by atoms with E-state index in [4.69, 9.17) is 0 Å². The van der Waals surface area contributed by atoms with Crippen LogP contribution in [0, 0.1) is 13.8 Å². The van der Waals surface area contributed by atoms with Crippen LogP contribution in [0.4, 0.5) is 0 Å². The van der Waals surface area contributed by atoms with Gasteiger partial charge < -0.3 is 10.6 Å². The molecule has 2 heterocycles. The number of nitrogens with zero attached hydrogens (tertiary/aromatic N) is 3. The minimum Gasteiger partial charge on any atom is -0.351 e. The molecule has 0 aliphatic rings. The second-order valence-corrected chi connectivity index (χ2v) is 5.73. The van der Waals surface area contributed by atoms with Gasteiger partial charge in [-0.2, -0.15) is 0 Å². The zero-order chi connectivity index (χ0) is 14.4. The van der Waals surface area contributed by atoms with Gasteiger partial charge in [-0.1, -0.05) is 6.07 Å². The molecule has 0 saturated carbocycles. The summed E-state index contributed by atoms with van der Waals surface area (Å²) >= 11 is 1.69. The Hall–Kier alpha value is -1.22. The molecule has 7 heteroatoms. The zero-order valence-corrected chi connectivity index (χ0v) is 15.5. The molecule has 0 fully saturated rings. The summed E-state index contributed by atoms with van der Waals surface area (Å²) in [6.07, 6.45) is 3.69. The van der Waals surface area contributed by atoms with Gasteiger partial charge in [0.2, 0.25) is 0 Å². The lowest BCUT2D eigenvalue weighted by molar-refractivity contribution is 0.787. The smallest absolute Gasteiger partial charge is 0.191 e. The molecule has 2 aromatic rings. The van der Waals surface area contributed by atoms with Gasteiger partial charge >= 0.3 is 0 Å². The minimum atomic E-state index is 0. The molecule has 5 nitrogen and oxygen atoms in total. The van der Waals surface area contributed by atoms with Gasteiger partial charge in [0.15, 0.2) is 5.96 Å². The highest BCUT2D eigenvalue weighted by atomic mass is 127. The number of aromatic nitrogens is 2. The summed E-state index contributed by atoms with van der Waals surface area (Å²) in [5.74, 6) is 0.753. The van der Waals surface area contributed by atoms with Crippen LogP contribution in [0.15, 0.2) is 29.5 Å². The Morgan fingerprint density at radius 1 is 1.24 bits per heavy atom. The number of rotatable bonds is 4. The maximum absolute atomic E-state index is 4.35. The van der Waals surface area contributed by atoms with Crippen LogP contribution in [-0.4, -0.2) is 23.0 Å². The summed E-state index contributed by atoms with van der Waals surface area (Å²) in [7, 11) is 1.76. The molecule has 114 valence electrons. The number of nitrogens with one attached hydrogen (secondary N) is 2. The van der Waals surface area contributed by atoms with Crippen molar-refractivity contribution in [3.8, 4) is 0 Å². The maximum Gasteiger partial charge on any atom is 0.191 e. The van der Waals surface area contributed by atoms with Crippen molar-refractivity contribution in [2.45, 2.75) is 26.9 Å². The molecule has 0 saturated heterocycles. The lowest BCUT2D eigenvalue weighted by atomic mass is 10.2.